The molecule has 10 aromatic rings. The van der Waals surface area contributed by atoms with Gasteiger partial charge in [-0.1, -0.05) is 144 Å². The summed E-state index contributed by atoms with van der Waals surface area (Å²) in [4.78, 5) is 10.2. The molecule has 0 atom stereocenters. The van der Waals surface area contributed by atoms with E-state index >= 15 is 0 Å². The van der Waals surface area contributed by atoms with Crippen molar-refractivity contribution in [2.24, 2.45) is 0 Å². The first kappa shape index (κ1) is 38.4. The zero-order chi connectivity index (χ0) is 40.0. The molecule has 0 saturated heterocycles. The van der Waals surface area contributed by atoms with Crippen LogP contribution in [0, 0.1) is 19.1 Å². The Bertz CT molecular complexity index is 3130. The first-order valence-electron chi connectivity index (χ1n) is 20.3. The van der Waals surface area contributed by atoms with Crippen LogP contribution in [0.25, 0.3) is 38.8 Å². The van der Waals surface area contributed by atoms with E-state index in [2.05, 4.69) is 212 Å². The number of benzene rings is 8. The number of nitrogens with zero attached hydrogens (tertiary/aromatic N) is 4. The van der Waals surface area contributed by atoms with Gasteiger partial charge in [0.1, 0.15) is 31.0 Å². The number of anilines is 4. The molecule has 296 valence electrons. The van der Waals surface area contributed by atoms with Gasteiger partial charge in [0, 0.05) is 38.5 Å². The van der Waals surface area contributed by atoms with Crippen LogP contribution < -0.4 is 30.9 Å². The first-order chi connectivity index (χ1) is 29.7. The van der Waals surface area contributed by atoms with Gasteiger partial charge < -0.3 is 4.57 Å². The van der Waals surface area contributed by atoms with Crippen molar-refractivity contribution < 1.29 is 26.0 Å². The summed E-state index contributed by atoms with van der Waals surface area (Å²) in [7, 11) is -3.14. The van der Waals surface area contributed by atoms with E-state index in [1.807, 2.05) is 34.5 Å². The average molecular weight is 983 g/mol. The molecule has 5 nitrogen and oxygen atoms in total. The number of aromatic nitrogens is 2. The van der Waals surface area contributed by atoms with E-state index in [0.29, 0.717) is 0 Å². The van der Waals surface area contributed by atoms with Crippen LogP contribution >= 0.6 is 0 Å². The van der Waals surface area contributed by atoms with Crippen molar-refractivity contribution in [2.45, 2.75) is 6.92 Å². The molecule has 7 heteroatoms. The number of rotatable bonds is 8. The Morgan fingerprint density at radius 1 is 0.525 bits per heavy atom. The summed E-state index contributed by atoms with van der Waals surface area (Å²) in [6, 6.07) is 81.4. The molecule has 3 heterocycles. The average Bonchev–Trinajstić information content (AvgIpc) is 3.87. The Hall–Kier alpha value is -6.82. The van der Waals surface area contributed by atoms with Gasteiger partial charge in [0.2, 0.25) is 0 Å². The van der Waals surface area contributed by atoms with Gasteiger partial charge in [0.15, 0.2) is 0 Å². The van der Waals surface area contributed by atoms with Crippen LogP contribution in [0.1, 0.15) is 5.56 Å². The molecule has 0 saturated carbocycles. The predicted octanol–water partition coefficient (Wildman–Crippen LogP) is 10.3. The van der Waals surface area contributed by atoms with Gasteiger partial charge in [-0.05, 0) is 81.8 Å². The molecule has 0 unspecified atom stereocenters. The second kappa shape index (κ2) is 16.0. The predicted molar refractivity (Wildman–Crippen MR) is 249 cm³/mol. The third-order valence-electron chi connectivity index (χ3n) is 11.8. The smallest absolute Gasteiger partial charge is 0.148 e. The van der Waals surface area contributed by atoms with Gasteiger partial charge in [0.05, 0.1) is 0 Å². The SMILES string of the molecule is Cc1ccccc1-c1ccnc(-n2c3[c-]c([Si](c4[c-]c(N5[OH+]N(c6ccccc6)c6ccccc65)ccc4)(c4ccccc4)c4ccccc4)ccc3c3ccccc32)c1.[Pt]. The number of pyridine rings is 1. The van der Waals surface area contributed by atoms with Crippen LogP contribution in [0.5, 0.6) is 0 Å². The van der Waals surface area contributed by atoms with Gasteiger partial charge in [0.25, 0.3) is 0 Å². The van der Waals surface area contributed by atoms with Crippen LogP contribution in [-0.4, -0.2) is 22.6 Å². The van der Waals surface area contributed by atoms with E-state index in [0.717, 1.165) is 66.3 Å². The maximum absolute atomic E-state index is 5.22. The first-order valence-corrected chi connectivity index (χ1v) is 22.3. The standard InChI is InChI=1S/C54H38N4OSi.Pt/c1-39-18-11-12-27-47(39)40-34-35-55-54(36-40)56-50-29-14-13-28-48(50)49-33-32-46(38-53(49)56)60(43-22-7-3-8-23-43,44-24-9-4-10-25-44)45-26-17-21-42(37-45)58-52-31-16-15-30-51(52)57(59-58)41-19-5-2-6-20-41;/h2-36H,1H3;/q-2;/p+1. The monoisotopic (exact) mass is 982 g/mol. The quantitative estimate of drug-likeness (QED) is 0.0659. The van der Waals surface area contributed by atoms with Crippen molar-refractivity contribution in [3.63, 3.8) is 0 Å². The minimum Gasteiger partial charge on any atom is -0.319 e. The maximum Gasteiger partial charge on any atom is 0.148 e. The molecule has 61 heavy (non-hydrogen) atoms. The summed E-state index contributed by atoms with van der Waals surface area (Å²) < 4.78 is 2.30. The third-order valence-corrected chi connectivity index (χ3v) is 16.4. The molecule has 0 bridgehead atoms. The van der Waals surface area contributed by atoms with E-state index in [-0.39, 0.29) is 21.1 Å². The molecular weight excluding hydrogens is 944 g/mol. The number of hydrogen-bond acceptors (Lipinski definition) is 3. The minimum atomic E-state index is -3.14. The molecule has 0 radical (unpaired) electrons. The van der Waals surface area contributed by atoms with E-state index in [9.17, 15) is 0 Å². The molecule has 1 aliphatic heterocycles. The molecule has 0 fully saturated rings. The molecule has 8 aromatic carbocycles. The van der Waals surface area contributed by atoms with E-state index in [1.165, 1.54) is 21.5 Å². The second-order valence-corrected chi connectivity index (χ2v) is 18.9. The molecule has 0 amide bonds. The molecule has 0 spiro atoms. The maximum atomic E-state index is 5.22. The van der Waals surface area contributed by atoms with Gasteiger partial charge in [-0.3, -0.25) is 0 Å². The molecular formula is C54H39N4OPtSi-. The fourth-order valence-corrected chi connectivity index (χ4v) is 13.6. The summed E-state index contributed by atoms with van der Waals surface area (Å²) in [6.45, 7) is 2.16. The van der Waals surface area contributed by atoms with Gasteiger partial charge in [-0.2, -0.15) is 51.7 Å². The Kier molecular flexibility index (Phi) is 10.1. The molecule has 11 rings (SSSR count). The van der Waals surface area contributed by atoms with Crippen LogP contribution in [0.15, 0.2) is 212 Å². The van der Waals surface area contributed by atoms with Crippen molar-refractivity contribution in [2.75, 3.05) is 10.1 Å². The molecule has 1 N–H and O–H groups in total. The zero-order valence-electron chi connectivity index (χ0n) is 33.3. The molecule has 1 aliphatic rings. The molecule has 2 aromatic heterocycles. The Morgan fingerprint density at radius 2 is 1.15 bits per heavy atom. The topological polar surface area (TPSA) is 37.1 Å². The van der Waals surface area contributed by atoms with Gasteiger partial charge >= 0.3 is 0 Å². The summed E-state index contributed by atoms with van der Waals surface area (Å²) in [6.07, 6.45) is 1.93. The summed E-state index contributed by atoms with van der Waals surface area (Å²) in [5, 5.41) is 11.1. The van der Waals surface area contributed by atoms with Crippen LogP contribution in [0.4, 0.5) is 22.7 Å². The van der Waals surface area contributed by atoms with Crippen molar-refractivity contribution in [3.05, 3.63) is 230 Å². The number of para-hydroxylation sites is 4. The Morgan fingerprint density at radius 3 is 1.89 bits per heavy atom. The fraction of sp³-hybridized carbons (Fsp3) is 0.0185. The van der Waals surface area contributed by atoms with Crippen LogP contribution in [0.3, 0.4) is 0 Å². The largest absolute Gasteiger partial charge is 0.319 e. The summed E-state index contributed by atoms with van der Waals surface area (Å²) in [5.74, 6) is 0.855. The van der Waals surface area contributed by atoms with Crippen molar-refractivity contribution >= 4 is 73.4 Å². The van der Waals surface area contributed by atoms with Gasteiger partial charge in [-0.25, -0.2) is 4.98 Å². The van der Waals surface area contributed by atoms with Gasteiger partial charge in [-0.15, -0.1) is 16.5 Å². The normalized spacial score (nSPS) is 12.4. The van der Waals surface area contributed by atoms with E-state index < -0.39 is 8.07 Å². The number of aryl methyl sites for hydroxylation is 1. The Labute approximate surface area is 371 Å². The second-order valence-electron chi connectivity index (χ2n) is 15.2. The fourth-order valence-electron chi connectivity index (χ4n) is 9.01. The third kappa shape index (κ3) is 6.43. The van der Waals surface area contributed by atoms with E-state index in [4.69, 9.17) is 9.92 Å². The van der Waals surface area contributed by atoms with Crippen molar-refractivity contribution in [3.8, 4) is 16.9 Å². The van der Waals surface area contributed by atoms with Crippen molar-refractivity contribution in [1.29, 1.82) is 0 Å². The van der Waals surface area contributed by atoms with Crippen LogP contribution in [-0.2, 0) is 21.1 Å². The van der Waals surface area contributed by atoms with Crippen LogP contribution in [0.2, 0.25) is 0 Å². The zero-order valence-corrected chi connectivity index (χ0v) is 36.5. The minimum absolute atomic E-state index is 0. The summed E-state index contributed by atoms with van der Waals surface area (Å²) in [5.41, 5.74) is 9.52. The Balaban J connectivity index is 0.00000445. The molecule has 0 aliphatic carbocycles. The van der Waals surface area contributed by atoms with E-state index in [1.54, 1.807) is 0 Å². The summed E-state index contributed by atoms with van der Waals surface area (Å²) >= 11 is 0. The number of fused-ring (bicyclic) bond motifs is 4. The number of hydrogen-bond donors (Lipinski definition) is 0. The van der Waals surface area contributed by atoms with Crippen molar-refractivity contribution in [1.82, 2.24) is 9.55 Å².